The summed E-state index contributed by atoms with van der Waals surface area (Å²) >= 11 is 1.63. The minimum absolute atomic E-state index is 0.0770. The van der Waals surface area contributed by atoms with E-state index in [2.05, 4.69) is 5.32 Å². The van der Waals surface area contributed by atoms with Gasteiger partial charge in [0.15, 0.2) is 0 Å². The third kappa shape index (κ3) is 7.25. The van der Waals surface area contributed by atoms with Crippen LogP contribution in [0.15, 0.2) is 71.6 Å². The Labute approximate surface area is 217 Å². The summed E-state index contributed by atoms with van der Waals surface area (Å²) < 4.78 is 28.5. The Hall–Kier alpha value is -3.01. The lowest BCUT2D eigenvalue weighted by Crippen LogP contribution is -2.46. The molecule has 0 radical (unpaired) electrons. The Morgan fingerprint density at radius 3 is 2.19 bits per heavy atom. The van der Waals surface area contributed by atoms with Gasteiger partial charge in [0.05, 0.1) is 18.0 Å². The molecule has 1 N–H and O–H groups in total. The zero-order valence-electron chi connectivity index (χ0n) is 21.1. The number of amides is 2. The smallest absolute Gasteiger partial charge is 0.243 e. The van der Waals surface area contributed by atoms with E-state index < -0.39 is 10.0 Å². The largest absolute Gasteiger partial charge is 0.332 e. The number of carbonyl (C=O) groups is 2. The highest BCUT2D eigenvalue weighted by atomic mass is 32.2. The molecule has 1 heterocycles. The summed E-state index contributed by atoms with van der Waals surface area (Å²) in [5.74, 6) is -0.500. The van der Waals surface area contributed by atoms with Crippen molar-refractivity contribution in [2.75, 3.05) is 11.9 Å². The van der Waals surface area contributed by atoms with Crippen LogP contribution in [0.2, 0.25) is 0 Å². The van der Waals surface area contributed by atoms with Crippen LogP contribution in [0.4, 0.5) is 5.69 Å². The van der Waals surface area contributed by atoms with Crippen LogP contribution in [0.5, 0.6) is 0 Å². The molecule has 0 aliphatic heterocycles. The van der Waals surface area contributed by atoms with Crippen molar-refractivity contribution in [1.82, 2.24) is 9.21 Å². The van der Waals surface area contributed by atoms with Gasteiger partial charge in [0.1, 0.15) is 0 Å². The first-order valence-electron chi connectivity index (χ1n) is 11.9. The number of nitrogens with zero attached hydrogens (tertiary/aromatic N) is 2. The zero-order chi connectivity index (χ0) is 26.3. The van der Waals surface area contributed by atoms with Crippen molar-refractivity contribution < 1.29 is 18.0 Å². The van der Waals surface area contributed by atoms with Gasteiger partial charge in [-0.15, -0.1) is 11.3 Å². The lowest BCUT2D eigenvalue weighted by atomic mass is 10.2. The lowest BCUT2D eigenvalue weighted by molar-refractivity contribution is -0.133. The lowest BCUT2D eigenvalue weighted by Gasteiger charge is -2.30. The zero-order valence-corrected chi connectivity index (χ0v) is 22.7. The maximum atomic E-state index is 13.6. The number of thiophene rings is 1. The van der Waals surface area contributed by atoms with Gasteiger partial charge >= 0.3 is 0 Å². The van der Waals surface area contributed by atoms with Gasteiger partial charge in [-0.25, -0.2) is 8.42 Å². The summed E-state index contributed by atoms with van der Waals surface area (Å²) in [6.45, 7) is 7.64. The SMILES string of the molecule is CCC(C)N(CC(=O)N(Cc1ccccc1)Cc1ccc(C)s1)S(=O)(=O)c1ccc(NC(C)=O)cc1. The Morgan fingerprint density at radius 1 is 0.972 bits per heavy atom. The first-order chi connectivity index (χ1) is 17.1. The third-order valence-electron chi connectivity index (χ3n) is 5.87. The fraction of sp³-hybridized carbons (Fsp3) is 0.333. The molecule has 3 rings (SSSR count). The van der Waals surface area contributed by atoms with Gasteiger partial charge in [-0.3, -0.25) is 9.59 Å². The van der Waals surface area contributed by atoms with E-state index in [0.717, 1.165) is 15.3 Å². The first kappa shape index (κ1) is 27.6. The van der Waals surface area contributed by atoms with E-state index in [9.17, 15) is 18.0 Å². The molecule has 0 bridgehead atoms. The van der Waals surface area contributed by atoms with Crippen molar-refractivity contribution in [3.05, 3.63) is 82.0 Å². The summed E-state index contributed by atoms with van der Waals surface area (Å²) in [6.07, 6.45) is 0.555. The Bertz CT molecular complexity index is 1270. The minimum Gasteiger partial charge on any atom is -0.332 e. The summed E-state index contributed by atoms with van der Waals surface area (Å²) in [6, 6.07) is 19.3. The molecule has 1 aromatic heterocycles. The summed E-state index contributed by atoms with van der Waals surface area (Å²) in [5.41, 5.74) is 1.48. The molecular weight excluding hydrogens is 494 g/mol. The molecule has 1 unspecified atom stereocenters. The fourth-order valence-corrected chi connectivity index (χ4v) is 6.32. The van der Waals surface area contributed by atoms with Crippen LogP contribution in [0, 0.1) is 6.92 Å². The van der Waals surface area contributed by atoms with Crippen LogP contribution in [-0.4, -0.2) is 42.0 Å². The number of hydrogen-bond acceptors (Lipinski definition) is 5. The van der Waals surface area contributed by atoms with Crippen molar-refractivity contribution >= 4 is 38.9 Å². The van der Waals surface area contributed by atoms with E-state index >= 15 is 0 Å². The third-order valence-corrected chi connectivity index (χ3v) is 8.83. The Kier molecular flexibility index (Phi) is 9.42. The van der Waals surface area contributed by atoms with Gasteiger partial charge in [0, 0.05) is 35.0 Å². The number of rotatable bonds is 11. The molecule has 3 aromatic rings. The second-order valence-electron chi connectivity index (χ2n) is 8.76. The van der Waals surface area contributed by atoms with E-state index in [1.807, 2.05) is 56.3 Å². The second kappa shape index (κ2) is 12.3. The average Bonchev–Trinajstić information content (AvgIpc) is 3.26. The maximum Gasteiger partial charge on any atom is 0.243 e. The summed E-state index contributed by atoms with van der Waals surface area (Å²) in [7, 11) is -3.95. The number of aryl methyl sites for hydroxylation is 1. The fourth-order valence-electron chi connectivity index (χ4n) is 3.76. The van der Waals surface area contributed by atoms with Crippen molar-refractivity contribution in [1.29, 1.82) is 0 Å². The highest BCUT2D eigenvalue weighted by molar-refractivity contribution is 7.89. The normalized spacial score (nSPS) is 12.4. The van der Waals surface area contributed by atoms with Gasteiger partial charge in [0.2, 0.25) is 21.8 Å². The van der Waals surface area contributed by atoms with Crippen LogP contribution in [0.1, 0.15) is 42.5 Å². The molecule has 1 atom stereocenters. The number of hydrogen-bond donors (Lipinski definition) is 1. The highest BCUT2D eigenvalue weighted by Crippen LogP contribution is 2.23. The molecule has 0 saturated carbocycles. The molecule has 0 aliphatic carbocycles. The van der Waals surface area contributed by atoms with Gasteiger partial charge in [-0.05, 0) is 62.2 Å². The molecule has 7 nitrogen and oxygen atoms in total. The van der Waals surface area contributed by atoms with Crippen LogP contribution in [0.3, 0.4) is 0 Å². The molecule has 36 heavy (non-hydrogen) atoms. The number of benzene rings is 2. The number of nitrogens with one attached hydrogen (secondary N) is 1. The number of carbonyl (C=O) groups excluding carboxylic acids is 2. The molecule has 2 aromatic carbocycles. The molecule has 0 aliphatic rings. The molecule has 0 spiro atoms. The summed E-state index contributed by atoms with van der Waals surface area (Å²) in [4.78, 5) is 28.9. The number of sulfonamides is 1. The molecule has 2 amide bonds. The quantitative estimate of drug-likeness (QED) is 0.379. The van der Waals surface area contributed by atoms with Crippen LogP contribution < -0.4 is 5.32 Å². The predicted molar refractivity (Wildman–Crippen MR) is 144 cm³/mol. The van der Waals surface area contributed by atoms with Crippen molar-refractivity contribution in [2.45, 2.75) is 58.1 Å². The van der Waals surface area contributed by atoms with E-state index in [4.69, 9.17) is 0 Å². The van der Waals surface area contributed by atoms with Crippen LogP contribution >= 0.6 is 11.3 Å². The van der Waals surface area contributed by atoms with E-state index in [1.165, 1.54) is 23.4 Å². The van der Waals surface area contributed by atoms with Crippen molar-refractivity contribution in [3.8, 4) is 0 Å². The predicted octanol–water partition coefficient (Wildman–Crippen LogP) is 5.03. The van der Waals surface area contributed by atoms with Crippen LogP contribution in [-0.2, 0) is 32.7 Å². The topological polar surface area (TPSA) is 86.8 Å². The van der Waals surface area contributed by atoms with Crippen LogP contribution in [0.25, 0.3) is 0 Å². The average molecular weight is 528 g/mol. The molecule has 192 valence electrons. The standard InChI is InChI=1S/C27H33N3O4S2/c1-5-20(2)30(36(33,34)26-15-12-24(13-16-26)28-22(4)31)19-27(32)29(17-23-9-7-6-8-10-23)18-25-14-11-21(3)35-25/h6-16,20H,5,17-19H2,1-4H3,(H,28,31). The van der Waals surface area contributed by atoms with Gasteiger partial charge < -0.3 is 10.2 Å². The molecule has 9 heteroatoms. The van der Waals surface area contributed by atoms with E-state index in [1.54, 1.807) is 35.3 Å². The second-order valence-corrected chi connectivity index (χ2v) is 12.0. The Balaban J connectivity index is 1.88. The Morgan fingerprint density at radius 2 is 1.64 bits per heavy atom. The monoisotopic (exact) mass is 527 g/mol. The maximum absolute atomic E-state index is 13.6. The van der Waals surface area contributed by atoms with E-state index in [0.29, 0.717) is 25.2 Å². The van der Waals surface area contributed by atoms with Crippen molar-refractivity contribution in [3.63, 3.8) is 0 Å². The summed E-state index contributed by atoms with van der Waals surface area (Å²) in [5, 5.41) is 2.63. The molecule has 0 saturated heterocycles. The number of anilines is 1. The van der Waals surface area contributed by atoms with Gasteiger partial charge in [-0.2, -0.15) is 4.31 Å². The molecular formula is C27H33N3O4S2. The minimum atomic E-state index is -3.95. The first-order valence-corrected chi connectivity index (χ1v) is 14.1. The molecule has 0 fully saturated rings. The van der Waals surface area contributed by atoms with Gasteiger partial charge in [-0.1, -0.05) is 37.3 Å². The van der Waals surface area contributed by atoms with Gasteiger partial charge in [0.25, 0.3) is 0 Å². The van der Waals surface area contributed by atoms with E-state index in [-0.39, 0.29) is 29.3 Å². The highest BCUT2D eigenvalue weighted by Gasteiger charge is 2.32. The van der Waals surface area contributed by atoms with Crippen molar-refractivity contribution in [2.24, 2.45) is 0 Å².